The van der Waals surface area contributed by atoms with Crippen LogP contribution in [0, 0.1) is 12.3 Å². The van der Waals surface area contributed by atoms with Crippen molar-refractivity contribution in [3.8, 4) is 0 Å². The van der Waals surface area contributed by atoms with Crippen LogP contribution in [0.4, 0.5) is 13.2 Å². The van der Waals surface area contributed by atoms with E-state index in [1.807, 2.05) is 19.1 Å². The second kappa shape index (κ2) is 9.02. The maximum atomic E-state index is 14.4. The van der Waals surface area contributed by atoms with Gasteiger partial charge in [0.15, 0.2) is 0 Å². The monoisotopic (exact) mass is 475 g/mol. The molecular weight excluding hydrogens is 447 g/mol. The number of ether oxygens (including phenoxy) is 1. The number of carbonyl (C=O) groups is 2. The molecule has 1 spiro atoms. The Kier molecular flexibility index (Phi) is 6.42. The van der Waals surface area contributed by atoms with Gasteiger partial charge in [0.1, 0.15) is 0 Å². The highest BCUT2D eigenvalue weighted by Gasteiger charge is 2.64. The fourth-order valence-electron chi connectivity index (χ4n) is 5.55. The zero-order valence-electron chi connectivity index (χ0n) is 19.2. The molecule has 1 N–H and O–H groups in total. The Hall–Kier alpha value is -2.94. The number of benzene rings is 1. The van der Waals surface area contributed by atoms with Gasteiger partial charge in [0.05, 0.1) is 0 Å². The molecule has 0 bridgehead atoms. The molecule has 1 aromatic carbocycles. The van der Waals surface area contributed by atoms with Crippen molar-refractivity contribution in [3.05, 3.63) is 65.5 Å². The molecule has 1 aromatic heterocycles. The van der Waals surface area contributed by atoms with Gasteiger partial charge in [-0.2, -0.15) is 13.2 Å². The Morgan fingerprint density at radius 1 is 1.15 bits per heavy atom. The van der Waals surface area contributed by atoms with Gasteiger partial charge in [-0.1, -0.05) is 36.4 Å². The Morgan fingerprint density at radius 2 is 1.82 bits per heavy atom. The number of hydrogen-bond acceptors (Lipinski definition) is 4. The largest absolute Gasteiger partial charge is 0.430 e. The van der Waals surface area contributed by atoms with Crippen LogP contribution in [0.2, 0.25) is 0 Å². The minimum absolute atomic E-state index is 0.0277. The summed E-state index contributed by atoms with van der Waals surface area (Å²) in [6.45, 7) is 2.56. The van der Waals surface area contributed by atoms with Gasteiger partial charge in [-0.3, -0.25) is 14.6 Å². The first kappa shape index (κ1) is 24.2. The van der Waals surface area contributed by atoms with Gasteiger partial charge in [-0.05, 0) is 36.8 Å². The molecule has 2 aliphatic rings. The van der Waals surface area contributed by atoms with Crippen molar-refractivity contribution in [3.63, 3.8) is 0 Å². The van der Waals surface area contributed by atoms with Crippen LogP contribution in [-0.4, -0.2) is 54.6 Å². The number of methoxy groups -OCH3 is 1. The van der Waals surface area contributed by atoms with E-state index in [2.05, 4.69) is 10.3 Å². The lowest BCUT2D eigenvalue weighted by Gasteiger charge is -2.50. The number of nitrogens with zero attached hydrogens (tertiary/aromatic N) is 2. The number of halogens is 3. The summed E-state index contributed by atoms with van der Waals surface area (Å²) in [5, 5.41) is 2.92. The van der Waals surface area contributed by atoms with Gasteiger partial charge in [0, 0.05) is 56.5 Å². The molecule has 6 nitrogen and oxygen atoms in total. The van der Waals surface area contributed by atoms with Crippen molar-refractivity contribution in [2.45, 2.75) is 43.9 Å². The topological polar surface area (TPSA) is 71.5 Å². The van der Waals surface area contributed by atoms with Crippen molar-refractivity contribution >= 4 is 11.8 Å². The number of aryl methyl sites for hydroxylation is 1. The number of carbonyl (C=O) groups excluding carboxylic acids is 2. The molecule has 4 rings (SSSR count). The standard InChI is InChI=1S/C25H28F3N3O3/c1-17-19(9-6-12-29-17)20-16-30-21(32)15-23(20)10-13-31(14-11-23)22(33)24(34-2,25(26,27)28)18-7-4-3-5-8-18/h3-9,12,20H,10-11,13-16H2,1-2H3,(H,30,32)/t20?,24-/m1/s1. The van der Waals surface area contributed by atoms with E-state index in [9.17, 15) is 22.8 Å². The summed E-state index contributed by atoms with van der Waals surface area (Å²) in [5.41, 5.74) is -1.90. The van der Waals surface area contributed by atoms with Gasteiger partial charge in [-0.15, -0.1) is 0 Å². The van der Waals surface area contributed by atoms with Crippen LogP contribution in [0.15, 0.2) is 48.7 Å². The first-order valence-electron chi connectivity index (χ1n) is 11.3. The number of aromatic nitrogens is 1. The number of hydrogen-bond donors (Lipinski definition) is 1. The summed E-state index contributed by atoms with van der Waals surface area (Å²) in [4.78, 5) is 31.4. The first-order chi connectivity index (χ1) is 16.1. The number of amides is 2. The normalized spacial score (nSPS) is 22.2. The van der Waals surface area contributed by atoms with Crippen LogP contribution in [-0.2, 0) is 19.9 Å². The second-order valence-electron chi connectivity index (χ2n) is 9.12. The number of alkyl halides is 3. The Balaban J connectivity index is 1.63. The van der Waals surface area contributed by atoms with Crippen LogP contribution in [0.3, 0.4) is 0 Å². The first-order valence-corrected chi connectivity index (χ1v) is 11.3. The number of rotatable bonds is 4. The van der Waals surface area contributed by atoms with E-state index >= 15 is 0 Å². The van der Waals surface area contributed by atoms with Crippen molar-refractivity contribution in [1.82, 2.24) is 15.2 Å². The highest BCUT2D eigenvalue weighted by atomic mass is 19.4. The average Bonchev–Trinajstić information content (AvgIpc) is 2.81. The SMILES string of the molecule is CO[C@@](C(=O)N1CCC2(CC1)CC(=O)NCC2c1cccnc1C)(c1ccccc1)C(F)(F)F. The molecular formula is C25H28F3N3O3. The number of nitrogens with one attached hydrogen (secondary N) is 1. The van der Waals surface area contributed by atoms with Crippen LogP contribution >= 0.6 is 0 Å². The summed E-state index contributed by atoms with van der Waals surface area (Å²) in [7, 11) is 0.913. The molecule has 34 heavy (non-hydrogen) atoms. The molecule has 2 fully saturated rings. The second-order valence-corrected chi connectivity index (χ2v) is 9.12. The van der Waals surface area contributed by atoms with Crippen LogP contribution in [0.5, 0.6) is 0 Å². The lowest BCUT2D eigenvalue weighted by atomic mass is 9.62. The van der Waals surface area contributed by atoms with E-state index in [4.69, 9.17) is 4.74 Å². The molecule has 2 atom stereocenters. The maximum absolute atomic E-state index is 14.4. The molecule has 2 amide bonds. The molecule has 0 saturated carbocycles. The quantitative estimate of drug-likeness (QED) is 0.732. The van der Waals surface area contributed by atoms with Gasteiger partial charge >= 0.3 is 6.18 Å². The molecule has 0 radical (unpaired) electrons. The smallest absolute Gasteiger partial charge is 0.356 e. The number of likely N-dealkylation sites (tertiary alicyclic amines) is 1. The zero-order valence-corrected chi connectivity index (χ0v) is 19.2. The van der Waals surface area contributed by atoms with Crippen molar-refractivity contribution in [2.24, 2.45) is 5.41 Å². The van der Waals surface area contributed by atoms with Gasteiger partial charge in [-0.25, -0.2) is 0 Å². The van der Waals surface area contributed by atoms with Gasteiger partial charge in [0.2, 0.25) is 5.91 Å². The number of pyridine rings is 1. The van der Waals surface area contributed by atoms with E-state index in [0.717, 1.165) is 18.4 Å². The van der Waals surface area contributed by atoms with E-state index in [1.165, 1.54) is 29.2 Å². The Labute approximate surface area is 196 Å². The summed E-state index contributed by atoms with van der Waals surface area (Å²) < 4.78 is 48.1. The highest BCUT2D eigenvalue weighted by molar-refractivity contribution is 5.88. The number of piperidine rings is 2. The minimum atomic E-state index is -4.95. The van der Waals surface area contributed by atoms with Gasteiger partial charge < -0.3 is 15.0 Å². The molecule has 2 aliphatic heterocycles. The third-order valence-corrected chi connectivity index (χ3v) is 7.41. The summed E-state index contributed by atoms with van der Waals surface area (Å²) >= 11 is 0. The van der Waals surface area contributed by atoms with Crippen LogP contribution in [0.1, 0.15) is 42.0 Å². The lowest BCUT2D eigenvalue weighted by molar-refractivity contribution is -0.271. The highest BCUT2D eigenvalue weighted by Crippen LogP contribution is 2.50. The van der Waals surface area contributed by atoms with E-state index in [-0.39, 0.29) is 36.9 Å². The maximum Gasteiger partial charge on any atom is 0.430 e. The van der Waals surface area contributed by atoms with Crippen molar-refractivity contribution in [2.75, 3.05) is 26.7 Å². The molecule has 0 aliphatic carbocycles. The van der Waals surface area contributed by atoms with E-state index in [0.29, 0.717) is 19.4 Å². The Morgan fingerprint density at radius 3 is 2.41 bits per heavy atom. The predicted molar refractivity (Wildman–Crippen MR) is 119 cm³/mol. The minimum Gasteiger partial charge on any atom is -0.356 e. The summed E-state index contributed by atoms with van der Waals surface area (Å²) in [6.07, 6.45) is -2.15. The van der Waals surface area contributed by atoms with E-state index in [1.54, 1.807) is 12.3 Å². The van der Waals surface area contributed by atoms with E-state index < -0.39 is 23.1 Å². The third-order valence-electron chi connectivity index (χ3n) is 7.41. The molecule has 182 valence electrons. The average molecular weight is 476 g/mol. The molecule has 3 heterocycles. The molecule has 9 heteroatoms. The van der Waals surface area contributed by atoms with Gasteiger partial charge in [0.25, 0.3) is 11.5 Å². The zero-order chi connectivity index (χ0) is 24.6. The lowest BCUT2D eigenvalue weighted by Crippen LogP contribution is -2.60. The van der Waals surface area contributed by atoms with Crippen molar-refractivity contribution < 1.29 is 27.5 Å². The molecule has 2 aromatic rings. The Bertz CT molecular complexity index is 1050. The summed E-state index contributed by atoms with van der Waals surface area (Å²) in [6, 6.07) is 10.8. The predicted octanol–water partition coefficient (Wildman–Crippen LogP) is 3.71. The van der Waals surface area contributed by atoms with Crippen LogP contribution in [0.25, 0.3) is 0 Å². The van der Waals surface area contributed by atoms with Crippen molar-refractivity contribution in [1.29, 1.82) is 0 Å². The molecule has 1 unspecified atom stereocenters. The van der Waals surface area contributed by atoms with Crippen LogP contribution < -0.4 is 5.32 Å². The fraction of sp³-hybridized carbons (Fsp3) is 0.480. The molecule has 2 saturated heterocycles. The third kappa shape index (κ3) is 3.96. The summed E-state index contributed by atoms with van der Waals surface area (Å²) in [5.74, 6) is -1.23. The fourth-order valence-corrected chi connectivity index (χ4v) is 5.55.